The highest BCUT2D eigenvalue weighted by Crippen LogP contribution is 2.48. The van der Waals surface area contributed by atoms with Gasteiger partial charge in [-0.05, 0) is 70.8 Å². The van der Waals surface area contributed by atoms with E-state index in [4.69, 9.17) is 4.42 Å². The second kappa shape index (κ2) is 9.43. The van der Waals surface area contributed by atoms with Crippen molar-refractivity contribution in [3.05, 3.63) is 152 Å². The highest BCUT2D eigenvalue weighted by Gasteiger charge is 2.22. The Morgan fingerprint density at radius 3 is 2.09 bits per heavy atom. The van der Waals surface area contributed by atoms with Gasteiger partial charge in [-0.3, -0.25) is 0 Å². The summed E-state index contributed by atoms with van der Waals surface area (Å²) in [4.78, 5) is 0. The van der Waals surface area contributed by atoms with Crippen LogP contribution in [-0.4, -0.2) is 4.57 Å². The van der Waals surface area contributed by atoms with Gasteiger partial charge >= 0.3 is 0 Å². The zero-order valence-electron chi connectivity index (χ0n) is 24.2. The van der Waals surface area contributed by atoms with E-state index in [0.717, 1.165) is 27.6 Å². The summed E-state index contributed by atoms with van der Waals surface area (Å²) in [6.45, 7) is 0. The summed E-state index contributed by atoms with van der Waals surface area (Å²) in [5.41, 5.74) is 10.3. The molecule has 0 aliphatic carbocycles. The first-order chi connectivity index (χ1) is 22.3. The normalized spacial score (nSPS) is 12.0. The minimum Gasteiger partial charge on any atom is -0.456 e. The van der Waals surface area contributed by atoms with Crippen LogP contribution in [0.1, 0.15) is 0 Å². The lowest BCUT2D eigenvalue weighted by atomic mass is 9.96. The van der Waals surface area contributed by atoms with Crippen LogP contribution in [0.4, 0.5) is 0 Å². The van der Waals surface area contributed by atoms with Gasteiger partial charge in [0.25, 0.3) is 0 Å². The number of rotatable bonds is 3. The molecule has 7 aromatic carbocycles. The summed E-state index contributed by atoms with van der Waals surface area (Å²) >= 11 is 1.88. The molecule has 0 spiro atoms. The third-order valence-electron chi connectivity index (χ3n) is 9.18. The van der Waals surface area contributed by atoms with E-state index in [1.807, 2.05) is 23.5 Å². The van der Waals surface area contributed by atoms with Gasteiger partial charge in [0.05, 0.1) is 11.0 Å². The van der Waals surface area contributed by atoms with Crippen molar-refractivity contribution < 1.29 is 4.42 Å². The van der Waals surface area contributed by atoms with Crippen molar-refractivity contribution in [3.8, 4) is 27.9 Å². The van der Waals surface area contributed by atoms with Crippen LogP contribution in [-0.2, 0) is 0 Å². The molecule has 0 unspecified atom stereocenters. The predicted molar refractivity (Wildman–Crippen MR) is 192 cm³/mol. The van der Waals surface area contributed by atoms with Gasteiger partial charge in [0.15, 0.2) is 0 Å². The number of aromatic nitrogens is 1. The number of para-hydroxylation sites is 2. The maximum Gasteiger partial charge on any atom is 0.135 e. The lowest BCUT2D eigenvalue weighted by molar-refractivity contribution is 0.669. The van der Waals surface area contributed by atoms with Crippen LogP contribution in [0.3, 0.4) is 0 Å². The molecule has 0 amide bonds. The van der Waals surface area contributed by atoms with Crippen molar-refractivity contribution in [1.82, 2.24) is 4.57 Å². The third-order valence-corrected chi connectivity index (χ3v) is 10.3. The topological polar surface area (TPSA) is 18.1 Å². The molecule has 0 atom stereocenters. The Bertz CT molecular complexity index is 2760. The van der Waals surface area contributed by atoms with Crippen molar-refractivity contribution in [2.75, 3.05) is 0 Å². The first kappa shape index (κ1) is 24.8. The van der Waals surface area contributed by atoms with Gasteiger partial charge in [0.1, 0.15) is 11.2 Å². The average molecular weight is 592 g/mol. The first-order valence-corrected chi connectivity index (χ1v) is 16.1. The molecule has 10 aromatic rings. The van der Waals surface area contributed by atoms with Crippen LogP contribution >= 0.6 is 11.3 Å². The Hall–Kier alpha value is -5.64. The summed E-state index contributed by atoms with van der Waals surface area (Å²) in [5, 5.41) is 7.43. The Morgan fingerprint density at radius 2 is 1.18 bits per heavy atom. The zero-order chi connectivity index (χ0) is 29.5. The molecule has 45 heavy (non-hydrogen) atoms. The summed E-state index contributed by atoms with van der Waals surface area (Å²) < 4.78 is 11.3. The molecule has 3 aromatic heterocycles. The van der Waals surface area contributed by atoms with Crippen molar-refractivity contribution in [3.63, 3.8) is 0 Å². The van der Waals surface area contributed by atoms with Crippen LogP contribution in [0.5, 0.6) is 0 Å². The fraction of sp³-hybridized carbons (Fsp3) is 0. The van der Waals surface area contributed by atoms with Crippen molar-refractivity contribution in [2.45, 2.75) is 0 Å². The van der Waals surface area contributed by atoms with E-state index in [0.29, 0.717) is 0 Å². The lowest BCUT2D eigenvalue weighted by Gasteiger charge is -2.13. The van der Waals surface area contributed by atoms with Gasteiger partial charge in [-0.2, -0.15) is 0 Å². The number of nitrogens with zero attached hydrogens (tertiary/aromatic N) is 1. The minimum absolute atomic E-state index is 0.916. The molecule has 10 rings (SSSR count). The number of hydrogen-bond donors (Lipinski definition) is 0. The molecule has 0 saturated carbocycles. The van der Waals surface area contributed by atoms with E-state index < -0.39 is 0 Å². The molecule has 0 fully saturated rings. The molecule has 0 bridgehead atoms. The number of hydrogen-bond acceptors (Lipinski definition) is 2. The third kappa shape index (κ3) is 3.62. The lowest BCUT2D eigenvalue weighted by Crippen LogP contribution is -1.95. The Kier molecular flexibility index (Phi) is 5.19. The second-order valence-corrected chi connectivity index (χ2v) is 12.8. The number of thiophene rings is 1. The van der Waals surface area contributed by atoms with Gasteiger partial charge in [-0.1, -0.05) is 103 Å². The van der Waals surface area contributed by atoms with E-state index in [1.54, 1.807) is 0 Å². The molecule has 0 N–H and O–H groups in total. The summed E-state index contributed by atoms with van der Waals surface area (Å²) in [6.07, 6.45) is 0. The number of fused-ring (bicyclic) bond motifs is 10. The monoisotopic (exact) mass is 591 g/mol. The van der Waals surface area contributed by atoms with E-state index in [-0.39, 0.29) is 0 Å². The van der Waals surface area contributed by atoms with Crippen molar-refractivity contribution in [2.24, 2.45) is 0 Å². The number of furan rings is 1. The Morgan fingerprint density at radius 1 is 0.444 bits per heavy atom. The average Bonchev–Trinajstić information content (AvgIpc) is 3.77. The zero-order valence-corrected chi connectivity index (χ0v) is 25.0. The molecule has 210 valence electrons. The summed E-state index contributed by atoms with van der Waals surface area (Å²) in [6, 6.07) is 54.7. The molecular weight excluding hydrogens is 567 g/mol. The largest absolute Gasteiger partial charge is 0.456 e. The number of benzene rings is 7. The summed E-state index contributed by atoms with van der Waals surface area (Å²) in [7, 11) is 0. The fourth-order valence-electron chi connectivity index (χ4n) is 7.21. The van der Waals surface area contributed by atoms with Crippen molar-refractivity contribution >= 4 is 75.3 Å². The SMILES string of the molecule is c1ccc(-c2cccc(-n3c4ccccc4c4c(-c5ccc6oc7ccccc7c6c5)cc5sc6ccccc6c5c43)c2)cc1. The highest BCUT2D eigenvalue weighted by molar-refractivity contribution is 7.26. The molecule has 0 radical (unpaired) electrons. The Balaban J connectivity index is 1.37. The molecular formula is C42H25NOS. The van der Waals surface area contributed by atoms with E-state index in [1.165, 1.54) is 64.2 Å². The fourth-order valence-corrected chi connectivity index (χ4v) is 8.36. The maximum atomic E-state index is 6.22. The quantitative estimate of drug-likeness (QED) is 0.200. The highest BCUT2D eigenvalue weighted by atomic mass is 32.1. The maximum absolute atomic E-state index is 6.22. The van der Waals surface area contributed by atoms with Crippen LogP contribution in [0.15, 0.2) is 156 Å². The van der Waals surface area contributed by atoms with Crippen LogP contribution in [0, 0.1) is 0 Å². The van der Waals surface area contributed by atoms with Crippen LogP contribution < -0.4 is 0 Å². The van der Waals surface area contributed by atoms with Crippen LogP contribution in [0.25, 0.3) is 91.9 Å². The molecule has 0 aliphatic heterocycles. The van der Waals surface area contributed by atoms with Gasteiger partial charge < -0.3 is 8.98 Å². The molecule has 0 aliphatic rings. The minimum atomic E-state index is 0.916. The summed E-state index contributed by atoms with van der Waals surface area (Å²) in [5.74, 6) is 0. The molecule has 3 heteroatoms. The van der Waals surface area contributed by atoms with E-state index >= 15 is 0 Å². The van der Waals surface area contributed by atoms with E-state index in [9.17, 15) is 0 Å². The molecule has 2 nitrogen and oxygen atoms in total. The van der Waals surface area contributed by atoms with Gasteiger partial charge in [0, 0.05) is 47.4 Å². The predicted octanol–water partition coefficient (Wildman–Crippen LogP) is 12.4. The second-order valence-electron chi connectivity index (χ2n) is 11.7. The van der Waals surface area contributed by atoms with Gasteiger partial charge in [-0.15, -0.1) is 11.3 Å². The molecule has 0 saturated heterocycles. The van der Waals surface area contributed by atoms with Gasteiger partial charge in [-0.25, -0.2) is 0 Å². The smallest absolute Gasteiger partial charge is 0.135 e. The Labute approximate surface area is 263 Å². The molecule has 3 heterocycles. The van der Waals surface area contributed by atoms with Gasteiger partial charge in [0.2, 0.25) is 0 Å². The first-order valence-electron chi connectivity index (χ1n) is 15.3. The van der Waals surface area contributed by atoms with Crippen molar-refractivity contribution in [1.29, 1.82) is 0 Å². The standard InChI is InChI=1S/C42H25NOS/c1-2-11-26(12-3-1)27-13-10-14-29(23-27)43-35-18-7-4-16-31(35)40-33(25-39-41(42(40)43)32-17-6-9-20-38(32)45-39)28-21-22-37-34(24-28)30-15-5-8-19-36(30)44-37/h1-25H. The van der Waals surface area contributed by atoms with E-state index in [2.05, 4.69) is 144 Å². The van der Waals surface area contributed by atoms with Crippen LogP contribution in [0.2, 0.25) is 0 Å².